The summed E-state index contributed by atoms with van der Waals surface area (Å²) in [6.45, 7) is 4.77. The minimum Gasteiger partial charge on any atom is -0.489 e. The van der Waals surface area contributed by atoms with Crippen molar-refractivity contribution in [3.05, 3.63) is 98.5 Å². The fraction of sp³-hybridized carbons (Fsp3) is 0.387. The molecule has 1 heterocycles. The van der Waals surface area contributed by atoms with Crippen LogP contribution < -0.4 is 4.74 Å². The van der Waals surface area contributed by atoms with Crippen molar-refractivity contribution in [2.45, 2.75) is 65.1 Å². The van der Waals surface area contributed by atoms with E-state index >= 15 is 0 Å². The molecule has 3 atom stereocenters. The average molecular weight is 534 g/mol. The van der Waals surface area contributed by atoms with Gasteiger partial charge in [0.1, 0.15) is 18.5 Å². The third-order valence-corrected chi connectivity index (χ3v) is 8.57. The first-order chi connectivity index (χ1) is 17.0. The second kappa shape index (κ2) is 10.6. The molecule has 35 heavy (non-hydrogen) atoms. The number of carbonyl (C=O) groups excluding carboxylic acids is 1. The molecule has 3 aromatic rings. The lowest BCUT2D eigenvalue weighted by atomic mass is 9.73. The molecule has 0 saturated carbocycles. The van der Waals surface area contributed by atoms with Crippen LogP contribution in [0.2, 0.25) is 0 Å². The number of halogens is 1. The number of aryl methyl sites for hydroxylation is 2. The Morgan fingerprint density at radius 2 is 1.80 bits per heavy atom. The van der Waals surface area contributed by atoms with Gasteiger partial charge in [-0.15, -0.1) is 0 Å². The molecule has 1 aliphatic carbocycles. The minimum absolute atomic E-state index is 0.00785. The Hall–Kier alpha value is -2.59. The molecular formula is C31H33BrO3. The molecule has 0 radical (unpaired) electrons. The van der Waals surface area contributed by atoms with Gasteiger partial charge in [0.15, 0.2) is 0 Å². The van der Waals surface area contributed by atoms with E-state index in [2.05, 4.69) is 72.2 Å². The Morgan fingerprint density at radius 3 is 2.60 bits per heavy atom. The van der Waals surface area contributed by atoms with E-state index in [1.807, 2.05) is 18.2 Å². The van der Waals surface area contributed by atoms with Gasteiger partial charge in [0.25, 0.3) is 0 Å². The first-order valence-corrected chi connectivity index (χ1v) is 13.6. The van der Waals surface area contributed by atoms with Gasteiger partial charge in [-0.25, -0.2) is 0 Å². The topological polar surface area (TPSA) is 35.5 Å². The van der Waals surface area contributed by atoms with Gasteiger partial charge in [-0.05, 0) is 80.3 Å². The van der Waals surface area contributed by atoms with Crippen molar-refractivity contribution < 1.29 is 14.3 Å². The predicted octanol–water partition coefficient (Wildman–Crippen LogP) is 7.83. The predicted molar refractivity (Wildman–Crippen MR) is 143 cm³/mol. The molecule has 4 heteroatoms. The SMILES string of the molecule is Cc1cc(OCc2ccccc2Br)c(C)c2c1CC[C@H]1C(CCCCc3ccccc3)C(=O)OC21. The lowest BCUT2D eigenvalue weighted by molar-refractivity contribution is -0.144. The van der Waals surface area contributed by atoms with Crippen LogP contribution in [0.4, 0.5) is 0 Å². The van der Waals surface area contributed by atoms with E-state index in [0.717, 1.165) is 59.9 Å². The van der Waals surface area contributed by atoms with E-state index in [4.69, 9.17) is 9.47 Å². The molecule has 0 amide bonds. The molecule has 1 fully saturated rings. The molecule has 0 bridgehead atoms. The maximum Gasteiger partial charge on any atom is 0.309 e. The molecule has 0 aromatic heterocycles. The van der Waals surface area contributed by atoms with Crippen molar-refractivity contribution in [1.29, 1.82) is 0 Å². The highest BCUT2D eigenvalue weighted by Crippen LogP contribution is 2.51. The Bertz CT molecular complexity index is 1200. The van der Waals surface area contributed by atoms with Gasteiger partial charge in [0.05, 0.1) is 5.92 Å². The highest BCUT2D eigenvalue weighted by atomic mass is 79.9. The van der Waals surface area contributed by atoms with Gasteiger partial charge < -0.3 is 9.47 Å². The van der Waals surface area contributed by atoms with Gasteiger partial charge >= 0.3 is 5.97 Å². The minimum atomic E-state index is -0.143. The summed E-state index contributed by atoms with van der Waals surface area (Å²) in [7, 11) is 0. The maximum atomic E-state index is 13.0. The van der Waals surface area contributed by atoms with E-state index in [9.17, 15) is 4.79 Å². The van der Waals surface area contributed by atoms with Crippen LogP contribution in [0.15, 0.2) is 65.1 Å². The van der Waals surface area contributed by atoms with Crippen molar-refractivity contribution in [2.24, 2.45) is 11.8 Å². The third kappa shape index (κ3) is 5.04. The monoisotopic (exact) mass is 532 g/mol. The van der Waals surface area contributed by atoms with E-state index in [1.165, 1.54) is 22.3 Å². The Balaban J connectivity index is 1.30. The summed E-state index contributed by atoms with van der Waals surface area (Å²) in [4.78, 5) is 13.0. The van der Waals surface area contributed by atoms with Gasteiger partial charge in [-0.2, -0.15) is 0 Å². The lowest BCUT2D eigenvalue weighted by Crippen LogP contribution is -2.24. The average Bonchev–Trinajstić information content (AvgIpc) is 3.19. The number of fused-ring (bicyclic) bond motifs is 3. The second-order valence-electron chi connectivity index (χ2n) is 9.99. The van der Waals surface area contributed by atoms with E-state index in [1.54, 1.807) is 0 Å². The molecule has 2 aliphatic rings. The zero-order chi connectivity index (χ0) is 24.4. The molecule has 0 N–H and O–H groups in total. The Labute approximate surface area is 217 Å². The molecule has 1 aliphatic heterocycles. The molecule has 1 saturated heterocycles. The van der Waals surface area contributed by atoms with Crippen LogP contribution in [0.25, 0.3) is 0 Å². The first-order valence-electron chi connectivity index (χ1n) is 12.8. The van der Waals surface area contributed by atoms with Crippen molar-refractivity contribution in [1.82, 2.24) is 0 Å². The fourth-order valence-corrected chi connectivity index (χ4v) is 6.29. The van der Waals surface area contributed by atoms with Crippen molar-refractivity contribution in [2.75, 3.05) is 0 Å². The van der Waals surface area contributed by atoms with Crippen molar-refractivity contribution >= 4 is 21.9 Å². The smallest absolute Gasteiger partial charge is 0.309 e. The molecule has 3 aromatic carbocycles. The zero-order valence-corrected chi connectivity index (χ0v) is 22.1. The summed E-state index contributed by atoms with van der Waals surface area (Å²) in [6.07, 6.45) is 6.02. The summed E-state index contributed by atoms with van der Waals surface area (Å²) in [5, 5.41) is 0. The number of ether oxygens (including phenoxy) is 2. The van der Waals surface area contributed by atoms with Gasteiger partial charge in [0.2, 0.25) is 0 Å². The quantitative estimate of drug-likeness (QED) is 0.219. The van der Waals surface area contributed by atoms with Crippen LogP contribution in [-0.4, -0.2) is 5.97 Å². The highest BCUT2D eigenvalue weighted by Gasteiger charge is 2.48. The number of benzene rings is 3. The van der Waals surface area contributed by atoms with Crippen LogP contribution >= 0.6 is 15.9 Å². The van der Waals surface area contributed by atoms with Crippen LogP contribution in [0.3, 0.4) is 0 Å². The molecule has 5 rings (SSSR count). The van der Waals surface area contributed by atoms with Crippen molar-refractivity contribution in [3.8, 4) is 5.75 Å². The van der Waals surface area contributed by atoms with E-state index in [-0.39, 0.29) is 23.9 Å². The number of hydrogen-bond donors (Lipinski definition) is 0. The molecule has 182 valence electrons. The standard InChI is InChI=1S/C31H33BrO3/c1-20-18-28(34-19-23-13-7-9-15-27(23)32)21(2)29-24(20)16-17-25-26(31(33)35-30(25)29)14-8-6-12-22-10-4-3-5-11-22/h3-5,7,9-11,13,15,18,25-26,30H,6,8,12,14,16-17,19H2,1-2H3/t25-,26?,30?/m0/s1. The van der Waals surface area contributed by atoms with E-state index in [0.29, 0.717) is 6.61 Å². The third-order valence-electron chi connectivity index (χ3n) is 7.80. The molecule has 2 unspecified atom stereocenters. The highest BCUT2D eigenvalue weighted by molar-refractivity contribution is 9.10. The van der Waals surface area contributed by atoms with Gasteiger partial charge in [-0.1, -0.05) is 70.9 Å². The molecular weight excluding hydrogens is 500 g/mol. The molecule has 0 spiro atoms. The van der Waals surface area contributed by atoms with Crippen LogP contribution in [0.1, 0.15) is 65.2 Å². The zero-order valence-electron chi connectivity index (χ0n) is 20.6. The Kier molecular flexibility index (Phi) is 7.29. The molecule has 3 nitrogen and oxygen atoms in total. The number of rotatable bonds is 8. The van der Waals surface area contributed by atoms with Gasteiger partial charge in [0, 0.05) is 21.5 Å². The van der Waals surface area contributed by atoms with Gasteiger partial charge in [-0.3, -0.25) is 4.79 Å². The summed E-state index contributed by atoms with van der Waals surface area (Å²) in [5.41, 5.74) is 7.37. The number of esters is 1. The lowest BCUT2D eigenvalue weighted by Gasteiger charge is -2.32. The fourth-order valence-electron chi connectivity index (χ4n) is 5.89. The summed E-state index contributed by atoms with van der Waals surface area (Å²) < 4.78 is 13.4. The van der Waals surface area contributed by atoms with Crippen LogP contribution in [0, 0.1) is 25.7 Å². The summed E-state index contributed by atoms with van der Waals surface area (Å²) in [5.74, 6) is 1.15. The van der Waals surface area contributed by atoms with Crippen LogP contribution in [0.5, 0.6) is 5.75 Å². The largest absolute Gasteiger partial charge is 0.489 e. The normalized spacial score (nSPS) is 20.8. The second-order valence-corrected chi connectivity index (χ2v) is 10.8. The maximum absolute atomic E-state index is 13.0. The number of hydrogen-bond acceptors (Lipinski definition) is 3. The Morgan fingerprint density at radius 1 is 1.03 bits per heavy atom. The van der Waals surface area contributed by atoms with E-state index < -0.39 is 0 Å². The van der Waals surface area contributed by atoms with Crippen LogP contribution in [-0.2, 0) is 29.0 Å². The van der Waals surface area contributed by atoms with Crippen molar-refractivity contribution in [3.63, 3.8) is 0 Å². The first kappa shape index (κ1) is 24.1. The number of carbonyl (C=O) groups is 1. The summed E-state index contributed by atoms with van der Waals surface area (Å²) in [6, 6.07) is 20.9. The number of unbranched alkanes of at least 4 members (excludes halogenated alkanes) is 1. The summed E-state index contributed by atoms with van der Waals surface area (Å²) >= 11 is 3.61.